The zero-order valence-electron chi connectivity index (χ0n) is 20.7. The Balaban J connectivity index is 1.52. The summed E-state index contributed by atoms with van der Waals surface area (Å²) < 4.78 is 16.6. The van der Waals surface area contributed by atoms with Gasteiger partial charge in [0.1, 0.15) is 12.4 Å². The summed E-state index contributed by atoms with van der Waals surface area (Å²) in [5.41, 5.74) is 0.407. The van der Waals surface area contributed by atoms with Crippen molar-refractivity contribution in [3.63, 3.8) is 0 Å². The number of benzene rings is 3. The summed E-state index contributed by atoms with van der Waals surface area (Å²) in [6.07, 6.45) is 1.49. The van der Waals surface area contributed by atoms with Crippen molar-refractivity contribution in [3.8, 4) is 23.0 Å². The number of nitro benzene ring substituents is 2. The van der Waals surface area contributed by atoms with Gasteiger partial charge in [-0.15, -0.1) is 0 Å². The van der Waals surface area contributed by atoms with E-state index in [9.17, 15) is 29.8 Å². The third-order valence-corrected chi connectivity index (χ3v) is 6.41. The Morgan fingerprint density at radius 2 is 1.72 bits per heavy atom. The van der Waals surface area contributed by atoms with Crippen LogP contribution >= 0.6 is 11.8 Å². The van der Waals surface area contributed by atoms with Crippen LogP contribution in [0.1, 0.15) is 11.1 Å². The van der Waals surface area contributed by atoms with Crippen molar-refractivity contribution >= 4 is 40.4 Å². The fourth-order valence-corrected chi connectivity index (χ4v) is 4.50. The first-order valence-corrected chi connectivity index (χ1v) is 12.2. The molecule has 4 rings (SSSR count). The second kappa shape index (κ2) is 11.6. The third kappa shape index (κ3) is 6.33. The molecule has 3 aromatic rings. The number of nitrogens with zero attached hydrogens (tertiary/aromatic N) is 3. The highest BCUT2D eigenvalue weighted by atomic mass is 32.2. The first-order chi connectivity index (χ1) is 18.7. The smallest absolute Gasteiger partial charge is 0.318 e. The number of amides is 2. The first-order valence-electron chi connectivity index (χ1n) is 11.4. The van der Waals surface area contributed by atoms with E-state index < -0.39 is 32.4 Å². The molecule has 1 aliphatic heterocycles. The summed E-state index contributed by atoms with van der Waals surface area (Å²) in [4.78, 5) is 47.6. The van der Waals surface area contributed by atoms with Gasteiger partial charge in [0.05, 0.1) is 34.5 Å². The van der Waals surface area contributed by atoms with E-state index in [2.05, 4.69) is 0 Å². The van der Waals surface area contributed by atoms with Gasteiger partial charge in [-0.25, -0.2) is 0 Å². The molecule has 0 spiro atoms. The SMILES string of the molecule is COc1ccc(/C=C2\SC(=O)N(CCOc3cccc(C)c3)C2=O)cc1Oc1ccc([N+](=O)[O-])cc1[N+](=O)[O-]. The van der Waals surface area contributed by atoms with Gasteiger partial charge >= 0.3 is 5.69 Å². The summed E-state index contributed by atoms with van der Waals surface area (Å²) in [7, 11) is 1.37. The molecule has 2 amide bonds. The van der Waals surface area contributed by atoms with Crippen molar-refractivity contribution < 1.29 is 33.6 Å². The number of aryl methyl sites for hydroxylation is 1. The van der Waals surface area contributed by atoms with E-state index in [1.54, 1.807) is 12.1 Å². The van der Waals surface area contributed by atoms with Gasteiger partial charge in [0.15, 0.2) is 11.5 Å². The number of rotatable bonds is 10. The molecule has 0 N–H and O–H groups in total. The van der Waals surface area contributed by atoms with Gasteiger partial charge in [-0.2, -0.15) is 0 Å². The maximum absolute atomic E-state index is 12.9. The topological polar surface area (TPSA) is 151 Å². The van der Waals surface area contributed by atoms with Crippen LogP contribution in [0.5, 0.6) is 23.0 Å². The van der Waals surface area contributed by atoms with E-state index in [1.165, 1.54) is 25.3 Å². The van der Waals surface area contributed by atoms with E-state index >= 15 is 0 Å². The molecule has 0 saturated carbocycles. The van der Waals surface area contributed by atoms with Crippen molar-refractivity contribution in [2.45, 2.75) is 6.92 Å². The summed E-state index contributed by atoms with van der Waals surface area (Å²) in [5, 5.41) is 22.1. The number of hydrogen-bond donors (Lipinski definition) is 0. The second-order valence-corrected chi connectivity index (χ2v) is 9.17. The molecule has 1 fully saturated rings. The average Bonchev–Trinajstić information content (AvgIpc) is 3.16. The highest BCUT2D eigenvalue weighted by Crippen LogP contribution is 2.39. The Morgan fingerprint density at radius 1 is 0.949 bits per heavy atom. The van der Waals surface area contributed by atoms with Gasteiger partial charge in [0, 0.05) is 6.07 Å². The van der Waals surface area contributed by atoms with Crippen molar-refractivity contribution in [2.75, 3.05) is 20.3 Å². The highest BCUT2D eigenvalue weighted by Gasteiger charge is 2.35. The Hall–Kier alpha value is -4.91. The Bertz CT molecular complexity index is 1510. The summed E-state index contributed by atoms with van der Waals surface area (Å²) in [6, 6.07) is 15.0. The lowest BCUT2D eigenvalue weighted by atomic mass is 10.1. The molecule has 1 heterocycles. The molecular formula is C26H21N3O9S. The number of carbonyl (C=O) groups is 2. The number of imide groups is 1. The van der Waals surface area contributed by atoms with Crippen LogP contribution < -0.4 is 14.2 Å². The molecule has 0 aliphatic carbocycles. The normalized spacial score (nSPS) is 14.0. The van der Waals surface area contributed by atoms with Crippen LogP contribution in [0.3, 0.4) is 0 Å². The quantitative estimate of drug-likeness (QED) is 0.174. The van der Waals surface area contributed by atoms with Gasteiger partial charge in [0.2, 0.25) is 5.75 Å². The molecular weight excluding hydrogens is 530 g/mol. The summed E-state index contributed by atoms with van der Waals surface area (Å²) >= 11 is 0.774. The van der Waals surface area contributed by atoms with Crippen LogP contribution in [0.25, 0.3) is 6.08 Å². The molecule has 0 radical (unpaired) electrons. The van der Waals surface area contributed by atoms with Crippen LogP contribution in [-0.2, 0) is 4.79 Å². The molecule has 13 heteroatoms. The summed E-state index contributed by atoms with van der Waals surface area (Å²) in [5.74, 6) is 0.198. The number of hydrogen-bond acceptors (Lipinski definition) is 10. The largest absolute Gasteiger partial charge is 0.493 e. The maximum atomic E-state index is 12.9. The van der Waals surface area contributed by atoms with E-state index in [4.69, 9.17) is 14.2 Å². The fourth-order valence-electron chi connectivity index (χ4n) is 3.63. The molecule has 12 nitrogen and oxygen atoms in total. The van der Waals surface area contributed by atoms with Crippen molar-refractivity contribution in [2.24, 2.45) is 0 Å². The Morgan fingerprint density at radius 3 is 2.41 bits per heavy atom. The second-order valence-electron chi connectivity index (χ2n) is 8.18. The molecule has 39 heavy (non-hydrogen) atoms. The molecule has 0 bridgehead atoms. The minimum absolute atomic E-state index is 0.0639. The van der Waals surface area contributed by atoms with Crippen LogP contribution in [0.15, 0.2) is 65.6 Å². The van der Waals surface area contributed by atoms with Gasteiger partial charge in [-0.05, 0) is 66.2 Å². The molecule has 3 aromatic carbocycles. The standard InChI is InChI=1S/C26H21N3O9S/c1-16-4-3-5-19(12-16)37-11-10-27-25(30)24(39-26(27)31)14-17-6-8-22(36-2)23(13-17)38-21-9-7-18(28(32)33)15-20(21)29(34)35/h3-9,12-15H,10-11H2,1-2H3/b24-14-. The van der Waals surface area contributed by atoms with Crippen molar-refractivity contribution in [1.82, 2.24) is 4.90 Å². The predicted molar refractivity (Wildman–Crippen MR) is 142 cm³/mol. The molecule has 1 aliphatic rings. The monoisotopic (exact) mass is 551 g/mol. The van der Waals surface area contributed by atoms with E-state index in [-0.39, 0.29) is 35.3 Å². The van der Waals surface area contributed by atoms with Crippen LogP contribution in [0.2, 0.25) is 0 Å². The van der Waals surface area contributed by atoms with Crippen LogP contribution in [0.4, 0.5) is 16.2 Å². The molecule has 0 unspecified atom stereocenters. The number of non-ortho nitro benzene ring substituents is 1. The Kier molecular flexibility index (Phi) is 8.10. The van der Waals surface area contributed by atoms with Crippen molar-refractivity contribution in [3.05, 3.63) is 96.9 Å². The predicted octanol–water partition coefficient (Wildman–Crippen LogP) is 5.73. The van der Waals surface area contributed by atoms with E-state index in [0.717, 1.165) is 40.4 Å². The van der Waals surface area contributed by atoms with Gasteiger partial charge in [-0.1, -0.05) is 18.2 Å². The highest BCUT2D eigenvalue weighted by molar-refractivity contribution is 8.18. The number of nitro groups is 2. The number of thioether (sulfide) groups is 1. The minimum atomic E-state index is -0.794. The number of methoxy groups -OCH3 is 1. The molecule has 1 saturated heterocycles. The van der Waals surface area contributed by atoms with Gasteiger partial charge in [-0.3, -0.25) is 34.7 Å². The number of carbonyl (C=O) groups excluding carboxylic acids is 2. The van der Waals surface area contributed by atoms with Crippen LogP contribution in [0, 0.1) is 27.2 Å². The fraction of sp³-hybridized carbons (Fsp3) is 0.154. The first kappa shape index (κ1) is 27.1. The van der Waals surface area contributed by atoms with E-state index in [1.807, 2.05) is 25.1 Å². The zero-order chi connectivity index (χ0) is 28.1. The maximum Gasteiger partial charge on any atom is 0.318 e. The van der Waals surface area contributed by atoms with E-state index in [0.29, 0.717) is 11.3 Å². The molecule has 200 valence electrons. The molecule has 0 atom stereocenters. The lowest BCUT2D eigenvalue weighted by Crippen LogP contribution is -2.32. The minimum Gasteiger partial charge on any atom is -0.493 e. The zero-order valence-corrected chi connectivity index (χ0v) is 21.5. The van der Waals surface area contributed by atoms with Crippen LogP contribution in [-0.4, -0.2) is 46.2 Å². The van der Waals surface area contributed by atoms with Gasteiger partial charge < -0.3 is 14.2 Å². The number of ether oxygens (including phenoxy) is 3. The average molecular weight is 552 g/mol. The summed E-state index contributed by atoms with van der Waals surface area (Å²) in [6.45, 7) is 2.12. The van der Waals surface area contributed by atoms with Crippen molar-refractivity contribution in [1.29, 1.82) is 0 Å². The van der Waals surface area contributed by atoms with Gasteiger partial charge in [0.25, 0.3) is 16.8 Å². The lowest BCUT2D eigenvalue weighted by molar-refractivity contribution is -0.394. The molecule has 0 aromatic heterocycles. The Labute approximate surface area is 226 Å². The lowest BCUT2D eigenvalue weighted by Gasteiger charge is -2.13. The third-order valence-electron chi connectivity index (χ3n) is 5.50.